The predicted molar refractivity (Wildman–Crippen MR) is 93.7 cm³/mol. The Bertz CT molecular complexity index is 801. The van der Waals surface area contributed by atoms with Crippen LogP contribution in [0.4, 0.5) is 5.69 Å². The zero-order valence-corrected chi connectivity index (χ0v) is 15.1. The molecule has 2 rings (SSSR count). The molecule has 0 atom stereocenters. The molecule has 1 amide bonds. The number of para-hydroxylation sites is 1. The van der Waals surface area contributed by atoms with E-state index in [0.717, 1.165) is 16.9 Å². The smallest absolute Gasteiger partial charge is 0.250 e. The fourth-order valence-corrected chi connectivity index (χ4v) is 4.49. The fraction of sp³-hybridized carbons (Fsp3) is 0.267. The van der Waals surface area contributed by atoms with Gasteiger partial charge in [-0.2, -0.15) is 0 Å². The van der Waals surface area contributed by atoms with E-state index >= 15 is 0 Å². The fourth-order valence-electron chi connectivity index (χ4n) is 1.98. The Morgan fingerprint density at radius 1 is 1.22 bits per heavy atom. The van der Waals surface area contributed by atoms with Gasteiger partial charge in [0.05, 0.1) is 10.9 Å². The van der Waals surface area contributed by atoms with Gasteiger partial charge in [-0.3, -0.25) is 4.79 Å². The highest BCUT2D eigenvalue weighted by Crippen LogP contribution is 2.25. The van der Waals surface area contributed by atoms with Gasteiger partial charge in [0, 0.05) is 5.69 Å². The average molecular weight is 373 g/mol. The van der Waals surface area contributed by atoms with Crippen LogP contribution in [0, 0.1) is 0 Å². The Balaban J connectivity index is 2.01. The number of nitrogens with one attached hydrogen (secondary N) is 2. The Morgan fingerprint density at radius 3 is 2.52 bits per heavy atom. The van der Waals surface area contributed by atoms with E-state index < -0.39 is 15.9 Å². The summed E-state index contributed by atoms with van der Waals surface area (Å²) in [6, 6.07) is 10.3. The van der Waals surface area contributed by atoms with Gasteiger partial charge in [0.2, 0.25) is 5.91 Å². The van der Waals surface area contributed by atoms with Gasteiger partial charge < -0.3 is 5.32 Å². The van der Waals surface area contributed by atoms with Crippen LogP contribution >= 0.6 is 22.9 Å². The summed E-state index contributed by atoms with van der Waals surface area (Å²) in [6.45, 7) is 3.70. The highest BCUT2D eigenvalue weighted by atomic mass is 35.5. The third-order valence-electron chi connectivity index (χ3n) is 3.09. The molecule has 0 aliphatic rings. The van der Waals surface area contributed by atoms with E-state index in [0.29, 0.717) is 10.0 Å². The Hall–Kier alpha value is -1.41. The van der Waals surface area contributed by atoms with E-state index in [-0.39, 0.29) is 16.7 Å². The summed E-state index contributed by atoms with van der Waals surface area (Å²) in [5.74, 6) is -0.180. The minimum absolute atomic E-state index is 0.0814. The second kappa shape index (κ2) is 7.44. The molecule has 0 spiro atoms. The first-order chi connectivity index (χ1) is 10.8. The van der Waals surface area contributed by atoms with Crippen molar-refractivity contribution in [3.63, 3.8) is 0 Å². The number of thiophene rings is 1. The van der Waals surface area contributed by atoms with Crippen LogP contribution in [0.15, 0.2) is 40.6 Å². The lowest BCUT2D eigenvalue weighted by Gasteiger charge is -2.13. The maximum Gasteiger partial charge on any atom is 0.250 e. The molecule has 23 heavy (non-hydrogen) atoms. The maximum atomic E-state index is 12.0. The highest BCUT2D eigenvalue weighted by Gasteiger charge is 2.18. The van der Waals surface area contributed by atoms with E-state index in [1.54, 1.807) is 6.07 Å². The molecule has 0 unspecified atom stereocenters. The molecule has 0 saturated carbocycles. The summed E-state index contributed by atoms with van der Waals surface area (Å²) in [5, 5.41) is 2.73. The van der Waals surface area contributed by atoms with E-state index in [1.807, 2.05) is 32.0 Å². The van der Waals surface area contributed by atoms with E-state index in [2.05, 4.69) is 10.0 Å². The minimum atomic E-state index is -3.73. The minimum Gasteiger partial charge on any atom is -0.325 e. The standard InChI is InChI=1S/C15H17ClN2O3S2/c1-10(2)11-5-3-4-6-12(11)18-14(19)9-17-23(20,21)15-8-7-13(16)22-15/h3-8,10,17H,9H2,1-2H3,(H,18,19). The van der Waals surface area contributed by atoms with E-state index in [9.17, 15) is 13.2 Å². The summed E-state index contributed by atoms with van der Waals surface area (Å²) < 4.78 is 26.8. The summed E-state index contributed by atoms with van der Waals surface area (Å²) >= 11 is 6.67. The van der Waals surface area contributed by atoms with Gasteiger partial charge in [-0.25, -0.2) is 13.1 Å². The number of hydrogen-bond acceptors (Lipinski definition) is 4. The van der Waals surface area contributed by atoms with Crippen LogP contribution < -0.4 is 10.0 Å². The zero-order valence-electron chi connectivity index (χ0n) is 12.7. The molecule has 2 N–H and O–H groups in total. The van der Waals surface area contributed by atoms with Crippen molar-refractivity contribution in [2.75, 3.05) is 11.9 Å². The quantitative estimate of drug-likeness (QED) is 0.815. The Labute approximate surface area is 144 Å². The zero-order chi connectivity index (χ0) is 17.0. The van der Waals surface area contributed by atoms with Crippen LogP contribution in [0.2, 0.25) is 4.34 Å². The molecule has 0 aliphatic carbocycles. The molecule has 0 aliphatic heterocycles. The van der Waals surface area contributed by atoms with Crippen LogP contribution in [0.3, 0.4) is 0 Å². The molecule has 1 heterocycles. The van der Waals surface area contributed by atoms with Crippen LogP contribution in [0.25, 0.3) is 0 Å². The molecule has 1 aromatic carbocycles. The monoisotopic (exact) mass is 372 g/mol. The van der Waals surface area contributed by atoms with E-state index in [4.69, 9.17) is 11.6 Å². The molecule has 0 fully saturated rings. The van der Waals surface area contributed by atoms with Gasteiger partial charge in [0.25, 0.3) is 10.0 Å². The third kappa shape index (κ3) is 4.78. The van der Waals surface area contributed by atoms with Gasteiger partial charge in [-0.15, -0.1) is 11.3 Å². The van der Waals surface area contributed by atoms with Crippen molar-refractivity contribution in [1.82, 2.24) is 4.72 Å². The number of amides is 1. The average Bonchev–Trinajstić information content (AvgIpc) is 2.93. The number of hydrogen-bond donors (Lipinski definition) is 2. The van der Waals surface area contributed by atoms with Crippen molar-refractivity contribution in [3.05, 3.63) is 46.3 Å². The van der Waals surface area contributed by atoms with Crippen molar-refractivity contribution in [2.45, 2.75) is 24.0 Å². The van der Waals surface area contributed by atoms with Crippen molar-refractivity contribution < 1.29 is 13.2 Å². The number of sulfonamides is 1. The number of benzene rings is 1. The Morgan fingerprint density at radius 2 is 1.91 bits per heavy atom. The SMILES string of the molecule is CC(C)c1ccccc1NC(=O)CNS(=O)(=O)c1ccc(Cl)s1. The van der Waals surface area contributed by atoms with Crippen molar-refractivity contribution in [3.8, 4) is 0 Å². The molecular formula is C15H17ClN2O3S2. The largest absolute Gasteiger partial charge is 0.325 e. The number of rotatable bonds is 6. The molecule has 2 aromatic rings. The first-order valence-electron chi connectivity index (χ1n) is 6.93. The summed E-state index contributed by atoms with van der Waals surface area (Å²) in [7, 11) is -3.73. The lowest BCUT2D eigenvalue weighted by molar-refractivity contribution is -0.115. The summed E-state index contributed by atoms with van der Waals surface area (Å²) in [6.07, 6.45) is 0. The third-order valence-corrected chi connectivity index (χ3v) is 6.22. The molecule has 124 valence electrons. The van der Waals surface area contributed by atoms with Crippen LogP contribution in [-0.2, 0) is 14.8 Å². The van der Waals surface area contributed by atoms with Gasteiger partial charge in [0.15, 0.2) is 0 Å². The number of halogens is 1. The first-order valence-corrected chi connectivity index (χ1v) is 9.61. The van der Waals surface area contributed by atoms with Crippen molar-refractivity contribution >= 4 is 44.6 Å². The molecule has 8 heteroatoms. The lowest BCUT2D eigenvalue weighted by atomic mass is 10.0. The molecule has 5 nitrogen and oxygen atoms in total. The van der Waals surface area contributed by atoms with Gasteiger partial charge in [-0.05, 0) is 29.7 Å². The van der Waals surface area contributed by atoms with Crippen LogP contribution in [-0.4, -0.2) is 20.9 Å². The highest BCUT2D eigenvalue weighted by molar-refractivity contribution is 7.91. The number of carbonyl (C=O) groups excluding carboxylic acids is 1. The molecule has 0 radical (unpaired) electrons. The Kier molecular flexibility index (Phi) is 5.80. The van der Waals surface area contributed by atoms with Crippen LogP contribution in [0.1, 0.15) is 25.3 Å². The molecular weight excluding hydrogens is 356 g/mol. The van der Waals surface area contributed by atoms with Gasteiger partial charge in [-0.1, -0.05) is 43.6 Å². The van der Waals surface area contributed by atoms with Gasteiger partial charge in [0.1, 0.15) is 4.21 Å². The van der Waals surface area contributed by atoms with E-state index in [1.165, 1.54) is 12.1 Å². The lowest BCUT2D eigenvalue weighted by Crippen LogP contribution is -2.32. The second-order valence-electron chi connectivity index (χ2n) is 5.17. The predicted octanol–water partition coefficient (Wildman–Crippen LogP) is 3.44. The summed E-state index contributed by atoms with van der Waals surface area (Å²) in [4.78, 5) is 12.0. The van der Waals surface area contributed by atoms with Crippen molar-refractivity contribution in [2.24, 2.45) is 0 Å². The van der Waals surface area contributed by atoms with Crippen LogP contribution in [0.5, 0.6) is 0 Å². The van der Waals surface area contributed by atoms with Crippen molar-refractivity contribution in [1.29, 1.82) is 0 Å². The first kappa shape index (κ1) is 17.9. The summed E-state index contributed by atoms with van der Waals surface area (Å²) in [5.41, 5.74) is 1.68. The number of anilines is 1. The maximum absolute atomic E-state index is 12.0. The molecule has 0 saturated heterocycles. The topological polar surface area (TPSA) is 75.3 Å². The second-order valence-corrected chi connectivity index (χ2v) is 8.88. The molecule has 0 bridgehead atoms. The number of carbonyl (C=O) groups is 1. The van der Waals surface area contributed by atoms with Gasteiger partial charge >= 0.3 is 0 Å². The molecule has 1 aromatic heterocycles. The normalized spacial score (nSPS) is 11.7.